The number of rotatable bonds is 32. The molecule has 0 radical (unpaired) electrons. The number of H-pyrrole nitrogens is 4. The van der Waals surface area contributed by atoms with Crippen LogP contribution < -0.4 is 62.2 Å². The van der Waals surface area contributed by atoms with E-state index in [-0.39, 0.29) is 75.0 Å². The molecule has 8 aromatic rings. The monoisotopic (exact) mass is 1800 g/mol. The Morgan fingerprint density at radius 2 is 0.733 bits per heavy atom. The first-order valence-electron chi connectivity index (χ1n) is 36.0. The highest BCUT2D eigenvalue weighted by Gasteiger charge is 2.52. The summed E-state index contributed by atoms with van der Waals surface area (Å²) in [5, 5.41) is 21.1. The predicted molar refractivity (Wildman–Crippen MR) is 396 cm³/mol. The molecule has 55 nitrogen and oxygen atoms in total. The van der Waals surface area contributed by atoms with Gasteiger partial charge in [-0.05, 0) is 27.7 Å². The largest absolute Gasteiger partial charge is 0.472 e. The first kappa shape index (κ1) is 87.8. The average Bonchev–Trinajstić information content (AvgIpc) is 1.62. The Kier molecular flexibility index (Phi) is 25.3. The summed E-state index contributed by atoms with van der Waals surface area (Å²) in [7, 11) is -27.6. The lowest BCUT2D eigenvalue weighted by Crippen LogP contribution is -2.33. The highest BCUT2D eigenvalue weighted by molar-refractivity contribution is 7.48. The Morgan fingerprint density at radius 1 is 0.400 bits per heavy atom. The molecule has 0 saturated carbocycles. The van der Waals surface area contributed by atoms with E-state index in [4.69, 9.17) is 90.9 Å². The molecular weight excluding hydrogens is 1720 g/mol. The number of hydrogen-bond acceptors (Lipinski definition) is 40. The van der Waals surface area contributed by atoms with Gasteiger partial charge in [0.25, 0.3) is 22.2 Å². The van der Waals surface area contributed by atoms with Crippen molar-refractivity contribution >= 4 is 79.0 Å². The number of aliphatic hydroxyl groups excluding tert-OH is 2. The fourth-order valence-electron chi connectivity index (χ4n) is 14.0. The number of phosphoric ester groups is 5. The van der Waals surface area contributed by atoms with Crippen molar-refractivity contribution in [3.63, 3.8) is 0 Å². The van der Waals surface area contributed by atoms with E-state index in [1.54, 1.807) is 0 Å². The number of ether oxygens (including phenoxy) is 6. The molecule has 0 aliphatic carbocycles. The minimum atomic E-state index is -5.68. The molecule has 0 aromatic carbocycles. The summed E-state index contributed by atoms with van der Waals surface area (Å²) in [6.07, 6.45) is -22.4. The van der Waals surface area contributed by atoms with Crippen molar-refractivity contribution < 1.29 is 131 Å². The molecule has 6 aliphatic rings. The van der Waals surface area contributed by atoms with Crippen molar-refractivity contribution in [3.8, 4) is 0 Å². The second kappa shape index (κ2) is 34.6. The van der Waals surface area contributed by atoms with E-state index in [9.17, 15) is 95.9 Å². The van der Waals surface area contributed by atoms with Gasteiger partial charge in [0, 0.05) is 85.6 Å². The fraction of sp³-hybridized carbons (Fsp3) is 0.567. The number of anilines is 3. The van der Waals surface area contributed by atoms with Crippen LogP contribution in [0.3, 0.4) is 0 Å². The second-order valence-electron chi connectivity index (χ2n) is 28.3. The van der Waals surface area contributed by atoms with Crippen LogP contribution in [0.25, 0.3) is 22.3 Å². The molecule has 14 heterocycles. The van der Waals surface area contributed by atoms with Crippen LogP contribution in [0.2, 0.25) is 0 Å². The van der Waals surface area contributed by atoms with Crippen molar-refractivity contribution in [2.24, 2.45) is 0 Å². The molecular formula is C60H78N19O36P5. The van der Waals surface area contributed by atoms with Gasteiger partial charge in [-0.2, -0.15) is 9.97 Å². The Morgan fingerprint density at radius 3 is 1.14 bits per heavy atom. The first-order valence-corrected chi connectivity index (χ1v) is 43.5. The predicted octanol–water partition coefficient (Wildman–Crippen LogP) is -2.56. The number of nitrogens with one attached hydrogen (secondary N) is 4. The van der Waals surface area contributed by atoms with Gasteiger partial charge in [-0.25, -0.2) is 61.9 Å². The average molecular weight is 1800 g/mol. The maximum atomic E-state index is 14.4. The smallest absolute Gasteiger partial charge is 0.394 e. The second-order valence-corrected chi connectivity index (χ2v) is 35.3. The zero-order valence-corrected chi connectivity index (χ0v) is 67.2. The number of aromatic nitrogens is 16. The van der Waals surface area contributed by atoms with Crippen LogP contribution in [0.5, 0.6) is 0 Å². The third kappa shape index (κ3) is 19.6. The van der Waals surface area contributed by atoms with Gasteiger partial charge in [0.15, 0.2) is 22.6 Å². The lowest BCUT2D eigenvalue weighted by Gasteiger charge is -2.26. The number of nitrogens with two attached hydrogens (primary N) is 3. The normalized spacial score (nSPS) is 29.6. The zero-order valence-electron chi connectivity index (χ0n) is 62.7. The molecule has 14 rings (SSSR count). The number of phosphoric acid groups is 5. The van der Waals surface area contributed by atoms with Gasteiger partial charge < -0.3 is 80.3 Å². The molecule has 17 N–H and O–H groups in total. The summed E-state index contributed by atoms with van der Waals surface area (Å²) in [6.45, 7) is -0.529. The minimum Gasteiger partial charge on any atom is -0.394 e. The van der Waals surface area contributed by atoms with E-state index in [1.807, 2.05) is 0 Å². The van der Waals surface area contributed by atoms with Gasteiger partial charge in [0.1, 0.15) is 122 Å². The topological polar surface area (TPSA) is 759 Å². The third-order valence-corrected chi connectivity index (χ3v) is 25.0. The van der Waals surface area contributed by atoms with Crippen LogP contribution in [0.4, 0.5) is 17.6 Å². The Hall–Kier alpha value is -8.55. The highest BCUT2D eigenvalue weighted by Crippen LogP contribution is 2.56. The Balaban J connectivity index is 0.663. The number of hydrogen-bond donors (Lipinski definition) is 14. The van der Waals surface area contributed by atoms with Gasteiger partial charge in [-0.3, -0.25) is 112 Å². The van der Waals surface area contributed by atoms with Gasteiger partial charge in [0.2, 0.25) is 5.95 Å². The number of aryl methyl sites for hydroxylation is 4. The summed E-state index contributed by atoms with van der Waals surface area (Å²) in [6, 6.07) is 0. The van der Waals surface area contributed by atoms with Gasteiger partial charge in [0.05, 0.1) is 58.4 Å². The van der Waals surface area contributed by atoms with Crippen LogP contribution in [0, 0.1) is 27.7 Å². The number of fused-ring (bicyclic) bond motifs is 2. The van der Waals surface area contributed by atoms with E-state index in [0.29, 0.717) is 0 Å². The van der Waals surface area contributed by atoms with E-state index >= 15 is 0 Å². The summed E-state index contributed by atoms with van der Waals surface area (Å²) in [5.41, 5.74) is 10.8. The third-order valence-electron chi connectivity index (χ3n) is 19.9. The lowest BCUT2D eigenvalue weighted by molar-refractivity contribution is -0.0653. The first-order chi connectivity index (χ1) is 56.6. The molecule has 0 amide bonds. The molecule has 60 heteroatoms. The molecule has 654 valence electrons. The SMILES string of the molecule is Cc1cn([C@H]2C[C@H](OP(=O)(O)OC[C@H]3O[C@@H](n4cc(C)c(=O)[nH]c4=O)C[C@@H]3OP(=O)(O)OC[C@H]3O[C@@H](n4cnc5c(=O)[nH]c(N)nc54)C[C@@H]3OP(=O)(O)OC[C@H]3O[C@@H](n4cc(C)c(=O)[nH]c4=O)C[C@@H]3O)[C@@H](COP(=O)(O)O[C@H]3C[C@H](n4cc(C)c(=O)[nH]c4=O)O[C@@H]3COP(=O)(O)O[C@H]3C[C@H](n4cnc5c(N)ncnc54)O[C@@H]3CO)O2)c(=O)nc1N. The summed E-state index contributed by atoms with van der Waals surface area (Å²) in [4.78, 5) is 192. The molecule has 5 unspecified atom stereocenters. The van der Waals surface area contributed by atoms with Crippen molar-refractivity contribution in [2.75, 3.05) is 56.8 Å². The molecule has 6 saturated heterocycles. The van der Waals surface area contributed by atoms with E-state index in [2.05, 4.69) is 49.8 Å². The molecule has 0 bridgehead atoms. The van der Waals surface area contributed by atoms with Gasteiger partial charge in [-0.1, -0.05) is 0 Å². The number of nitrogen functional groups attached to an aromatic ring is 3. The summed E-state index contributed by atoms with van der Waals surface area (Å²) >= 11 is 0. The van der Waals surface area contributed by atoms with Crippen LogP contribution in [-0.4, -0.2) is 225 Å². The lowest BCUT2D eigenvalue weighted by atomic mass is 10.2. The van der Waals surface area contributed by atoms with Gasteiger partial charge >= 0.3 is 61.9 Å². The minimum absolute atomic E-state index is 0.00856. The zero-order chi connectivity index (χ0) is 86.1. The molecule has 8 aromatic heterocycles. The van der Waals surface area contributed by atoms with Crippen molar-refractivity contribution in [2.45, 2.75) is 177 Å². The molecule has 6 fully saturated rings. The van der Waals surface area contributed by atoms with Crippen LogP contribution >= 0.6 is 39.1 Å². The maximum absolute atomic E-state index is 14.4. The van der Waals surface area contributed by atoms with Crippen LogP contribution in [0.15, 0.2) is 82.1 Å². The van der Waals surface area contributed by atoms with E-state index in [1.165, 1.54) is 55.6 Å². The van der Waals surface area contributed by atoms with E-state index in [0.717, 1.165) is 43.3 Å². The molecule has 6 aliphatic heterocycles. The Labute approximate surface area is 668 Å². The number of nitrogens with zero attached hydrogens (tertiary/aromatic N) is 12. The quantitative estimate of drug-likeness (QED) is 0.0193. The maximum Gasteiger partial charge on any atom is 0.472 e. The van der Waals surface area contributed by atoms with Crippen molar-refractivity contribution in [3.05, 3.63) is 149 Å². The van der Waals surface area contributed by atoms with Crippen LogP contribution in [-0.2, 0) is 96.5 Å². The number of imidazole rings is 2. The molecule has 0 spiro atoms. The number of aliphatic hydroxyl groups is 2. The van der Waals surface area contributed by atoms with Crippen LogP contribution in [0.1, 0.15) is 98.1 Å². The van der Waals surface area contributed by atoms with E-state index < -0.39 is 260 Å². The fourth-order valence-corrected chi connectivity index (χ4v) is 18.8. The molecule has 23 atom stereocenters. The van der Waals surface area contributed by atoms with Crippen molar-refractivity contribution in [1.29, 1.82) is 0 Å². The standard InChI is InChI=1S/C60H78N19O36P5/c1-24-11-74(57(86)68-48(24)61)41-7-30(36(107-41)18-102-119(96,97)113-31-8-42(76-13-26(3)53(83)72-59(76)88)108-37(31)17-101-117(92,93)111-29-6-44(105-34(29)15-80)78-22-66-46-49(62)64-21-65-50(46)78)112-118(94,95)103-19-38-32(9-43(109-38)77-14-27(4)54(84)73-60(77)89)114-120(98,99)104-20-39-33(10-45(110-39)79-23-67-47-51(79)69-56(63)70-55(47)85)115-116(90,91)100-16-35-28(81)5-40(106-35)75-12-25(2)52(82)71-58(75)87/h11-14,21-23,28-45,80-81H,5-10,15-20H2,1-4H3,(H,90,91)(H,92,93)(H,94,95)(H,96,97)(H,98,99)(H2,61,68,86)(H2,62,64,65)(H,71,82,87)(H,72,83,88)(H,73,84,89)(H3,63,69,70,85)/t28-,29-,30-,31-,32-,33-,34+,35+,36+,37+,38+,39+,40+,41+,42+,43+,44+,45+/m0/s1. The summed E-state index contributed by atoms with van der Waals surface area (Å²) in [5.74, 6) is -0.545. The highest BCUT2D eigenvalue weighted by atomic mass is 31.2. The Bertz CT molecular complexity index is 5990. The number of aromatic amines is 4. The molecule has 120 heavy (non-hydrogen) atoms. The summed E-state index contributed by atoms with van der Waals surface area (Å²) < 4.78 is 168. The van der Waals surface area contributed by atoms with Crippen molar-refractivity contribution in [1.82, 2.24) is 77.2 Å². The van der Waals surface area contributed by atoms with Gasteiger partial charge in [-0.15, -0.1) is 0 Å².